The summed E-state index contributed by atoms with van der Waals surface area (Å²) in [6, 6.07) is 12.6. The van der Waals surface area contributed by atoms with Crippen LogP contribution in [-0.2, 0) is 6.54 Å². The molecule has 0 fully saturated rings. The molecule has 0 unspecified atom stereocenters. The van der Waals surface area contributed by atoms with Crippen molar-refractivity contribution in [3.63, 3.8) is 0 Å². The lowest BCUT2D eigenvalue weighted by Gasteiger charge is -2.41. The van der Waals surface area contributed by atoms with Crippen LogP contribution in [0.25, 0.3) is 11.0 Å². The van der Waals surface area contributed by atoms with Gasteiger partial charge in [0.25, 0.3) is 0 Å². The quantitative estimate of drug-likeness (QED) is 0.486. The molecule has 2 aromatic carbocycles. The molecule has 0 spiro atoms. The number of benzene rings is 2. The highest BCUT2D eigenvalue weighted by molar-refractivity contribution is 8.22. The molecule has 2 aliphatic heterocycles. The standard InChI is InChI=1S/C21H23N5O4S2/c1-30-17-4-2-3-14(7-17)9-22-21(27)25-10-15-12-26(13-16(15)11-25)32(28,29)18-5-6-19-20(8-18)24-31-23-19/h2-8,28-29H,9-13H2,1H3,(H,22,27). The monoisotopic (exact) mass is 473 g/mol. The molecule has 9 nitrogen and oxygen atoms in total. The van der Waals surface area contributed by atoms with E-state index in [4.69, 9.17) is 4.74 Å². The summed E-state index contributed by atoms with van der Waals surface area (Å²) in [6.45, 7) is 2.23. The Morgan fingerprint density at radius 2 is 1.84 bits per heavy atom. The Bertz CT molecular complexity index is 1190. The van der Waals surface area contributed by atoms with Gasteiger partial charge in [0.05, 0.1) is 23.7 Å². The van der Waals surface area contributed by atoms with Gasteiger partial charge in [0.15, 0.2) is 0 Å². The van der Waals surface area contributed by atoms with Gasteiger partial charge in [-0.15, -0.1) is 10.8 Å². The number of amides is 2. The molecular weight excluding hydrogens is 450 g/mol. The number of carbonyl (C=O) groups is 1. The van der Waals surface area contributed by atoms with E-state index in [9.17, 15) is 13.9 Å². The van der Waals surface area contributed by atoms with Crippen molar-refractivity contribution in [1.82, 2.24) is 23.3 Å². The smallest absolute Gasteiger partial charge is 0.318 e. The van der Waals surface area contributed by atoms with Crippen molar-refractivity contribution in [1.29, 1.82) is 0 Å². The second-order valence-corrected chi connectivity index (χ2v) is 10.4. The predicted octanol–water partition coefficient (Wildman–Crippen LogP) is 3.56. The van der Waals surface area contributed by atoms with E-state index in [0.29, 0.717) is 43.1 Å². The third kappa shape index (κ3) is 3.93. The highest BCUT2D eigenvalue weighted by Gasteiger charge is 2.38. The number of fused-ring (bicyclic) bond motifs is 1. The Labute approximate surface area is 191 Å². The number of nitrogens with zero attached hydrogens (tertiary/aromatic N) is 4. The number of nitrogens with one attached hydrogen (secondary N) is 1. The van der Waals surface area contributed by atoms with Gasteiger partial charge in [-0.3, -0.25) is 9.11 Å². The predicted molar refractivity (Wildman–Crippen MR) is 124 cm³/mol. The highest BCUT2D eigenvalue weighted by Crippen LogP contribution is 2.54. The van der Waals surface area contributed by atoms with Crippen LogP contribution in [0, 0.1) is 0 Å². The van der Waals surface area contributed by atoms with Crippen LogP contribution in [0.2, 0.25) is 0 Å². The molecule has 3 aromatic rings. The number of hydrogen-bond acceptors (Lipinski definition) is 8. The van der Waals surface area contributed by atoms with Crippen LogP contribution >= 0.6 is 22.5 Å². The molecular formula is C21H23N5O4S2. The minimum atomic E-state index is -3.14. The Morgan fingerprint density at radius 3 is 2.59 bits per heavy atom. The first kappa shape index (κ1) is 21.2. The fourth-order valence-electron chi connectivity index (χ4n) is 4.02. The van der Waals surface area contributed by atoms with Crippen LogP contribution in [0.3, 0.4) is 0 Å². The second kappa shape index (κ2) is 8.34. The van der Waals surface area contributed by atoms with E-state index >= 15 is 0 Å². The lowest BCUT2D eigenvalue weighted by molar-refractivity contribution is 0.207. The number of aromatic nitrogens is 2. The zero-order chi connectivity index (χ0) is 22.3. The first-order valence-electron chi connectivity index (χ1n) is 10.0. The maximum atomic E-state index is 12.6. The van der Waals surface area contributed by atoms with Gasteiger partial charge in [0.1, 0.15) is 16.8 Å². The topological polar surface area (TPSA) is 111 Å². The molecule has 2 aliphatic rings. The van der Waals surface area contributed by atoms with Crippen molar-refractivity contribution in [2.45, 2.75) is 11.4 Å². The average Bonchev–Trinajstić information content (AvgIpc) is 3.51. The van der Waals surface area contributed by atoms with Crippen molar-refractivity contribution in [3.8, 4) is 5.75 Å². The molecule has 0 radical (unpaired) electrons. The van der Waals surface area contributed by atoms with Gasteiger partial charge in [-0.25, -0.2) is 4.79 Å². The van der Waals surface area contributed by atoms with Gasteiger partial charge in [-0.2, -0.15) is 13.1 Å². The maximum absolute atomic E-state index is 12.6. The number of urea groups is 1. The Morgan fingerprint density at radius 1 is 1.09 bits per heavy atom. The highest BCUT2D eigenvalue weighted by atomic mass is 32.3. The Kier molecular flexibility index (Phi) is 5.51. The van der Waals surface area contributed by atoms with E-state index in [-0.39, 0.29) is 6.03 Å². The number of carbonyl (C=O) groups excluding carboxylic acids is 1. The SMILES string of the molecule is COc1cccc(CNC(=O)N2CC3=C(C2)CN(S(O)(O)c2ccc4nsnc4c2)C3)c1. The third-order valence-corrected chi connectivity index (χ3v) is 8.19. The molecule has 0 saturated carbocycles. The molecule has 5 rings (SSSR count). The van der Waals surface area contributed by atoms with Crippen molar-refractivity contribution >= 4 is 39.6 Å². The number of methoxy groups -OCH3 is 1. The molecule has 168 valence electrons. The van der Waals surface area contributed by atoms with Crippen LogP contribution in [0.1, 0.15) is 5.56 Å². The molecule has 11 heteroatoms. The zero-order valence-electron chi connectivity index (χ0n) is 17.4. The summed E-state index contributed by atoms with van der Waals surface area (Å²) < 4.78 is 37.2. The summed E-state index contributed by atoms with van der Waals surface area (Å²) in [4.78, 5) is 14.8. The fourth-order valence-corrected chi connectivity index (χ4v) is 6.03. The van der Waals surface area contributed by atoms with E-state index in [1.165, 1.54) is 0 Å². The molecule has 3 N–H and O–H groups in total. The molecule has 32 heavy (non-hydrogen) atoms. The van der Waals surface area contributed by atoms with Gasteiger partial charge in [-0.05, 0) is 47.0 Å². The van der Waals surface area contributed by atoms with Crippen molar-refractivity contribution < 1.29 is 18.6 Å². The van der Waals surface area contributed by atoms with Crippen LogP contribution in [0.5, 0.6) is 5.75 Å². The van der Waals surface area contributed by atoms with Crippen molar-refractivity contribution in [3.05, 3.63) is 59.2 Å². The van der Waals surface area contributed by atoms with Crippen molar-refractivity contribution in [2.75, 3.05) is 33.3 Å². The number of hydrogen-bond donors (Lipinski definition) is 3. The largest absolute Gasteiger partial charge is 0.497 e. The van der Waals surface area contributed by atoms with E-state index in [0.717, 1.165) is 39.7 Å². The van der Waals surface area contributed by atoms with E-state index in [2.05, 4.69) is 14.1 Å². The summed E-state index contributed by atoms with van der Waals surface area (Å²) in [7, 11) is -1.53. The normalized spacial score (nSPS) is 17.2. The lowest BCUT2D eigenvalue weighted by Crippen LogP contribution is -2.40. The van der Waals surface area contributed by atoms with E-state index < -0.39 is 10.8 Å². The minimum Gasteiger partial charge on any atom is -0.497 e. The van der Waals surface area contributed by atoms with Crippen LogP contribution in [0.4, 0.5) is 4.79 Å². The van der Waals surface area contributed by atoms with E-state index in [1.54, 1.807) is 34.5 Å². The Balaban J connectivity index is 1.18. The van der Waals surface area contributed by atoms with Crippen LogP contribution < -0.4 is 10.1 Å². The first-order chi connectivity index (χ1) is 15.4. The summed E-state index contributed by atoms with van der Waals surface area (Å²) >= 11 is 1.10. The van der Waals surface area contributed by atoms with E-state index in [1.807, 2.05) is 24.3 Å². The lowest BCUT2D eigenvalue weighted by atomic mass is 10.2. The summed E-state index contributed by atoms with van der Waals surface area (Å²) in [6.07, 6.45) is 0. The minimum absolute atomic E-state index is 0.137. The average molecular weight is 474 g/mol. The number of rotatable bonds is 5. The second-order valence-electron chi connectivity index (χ2n) is 7.80. The van der Waals surface area contributed by atoms with Crippen LogP contribution in [-0.4, -0.2) is 66.4 Å². The Hall–Kier alpha value is -2.70. The molecule has 3 heterocycles. The van der Waals surface area contributed by atoms with Gasteiger partial charge in [0, 0.05) is 32.7 Å². The zero-order valence-corrected chi connectivity index (χ0v) is 19.0. The fraction of sp³-hybridized carbons (Fsp3) is 0.286. The third-order valence-electron chi connectivity index (χ3n) is 5.76. The molecule has 0 bridgehead atoms. The molecule has 0 saturated heterocycles. The summed E-state index contributed by atoms with van der Waals surface area (Å²) in [5.74, 6) is 0.753. The van der Waals surface area contributed by atoms with Crippen LogP contribution in [0.15, 0.2) is 58.5 Å². The van der Waals surface area contributed by atoms with Gasteiger partial charge in [0.2, 0.25) is 0 Å². The maximum Gasteiger partial charge on any atom is 0.318 e. The molecule has 2 amide bonds. The van der Waals surface area contributed by atoms with Gasteiger partial charge < -0.3 is 15.0 Å². The van der Waals surface area contributed by atoms with Gasteiger partial charge >= 0.3 is 6.03 Å². The molecule has 1 aromatic heterocycles. The number of ether oxygens (including phenoxy) is 1. The van der Waals surface area contributed by atoms with Crippen molar-refractivity contribution in [2.24, 2.45) is 0 Å². The summed E-state index contributed by atoms with van der Waals surface area (Å²) in [5, 5.41) is 2.95. The molecule has 0 atom stereocenters. The molecule has 0 aliphatic carbocycles. The summed E-state index contributed by atoms with van der Waals surface area (Å²) in [5.41, 5.74) is 4.50. The van der Waals surface area contributed by atoms with Gasteiger partial charge in [-0.1, -0.05) is 12.1 Å². The first-order valence-corrected chi connectivity index (χ1v) is 12.3.